The lowest BCUT2D eigenvalue weighted by Gasteiger charge is -2.13. The van der Waals surface area contributed by atoms with Gasteiger partial charge in [-0.1, -0.05) is 6.07 Å². The molecular formula is C19H21NO5. The van der Waals surface area contributed by atoms with Gasteiger partial charge in [-0.3, -0.25) is 4.79 Å². The van der Waals surface area contributed by atoms with Gasteiger partial charge in [-0.05, 0) is 55.8 Å². The van der Waals surface area contributed by atoms with E-state index in [0.29, 0.717) is 22.7 Å². The molecule has 0 fully saturated rings. The van der Waals surface area contributed by atoms with Crippen molar-refractivity contribution < 1.29 is 23.8 Å². The highest BCUT2D eigenvalue weighted by atomic mass is 16.6. The van der Waals surface area contributed by atoms with Crippen LogP contribution in [0, 0.1) is 6.92 Å². The van der Waals surface area contributed by atoms with Crippen LogP contribution in [-0.2, 0) is 9.53 Å². The molecule has 0 spiro atoms. The van der Waals surface area contributed by atoms with Gasteiger partial charge in [0.2, 0.25) is 0 Å². The van der Waals surface area contributed by atoms with E-state index in [2.05, 4.69) is 10.1 Å². The van der Waals surface area contributed by atoms with Gasteiger partial charge in [0.1, 0.15) is 11.5 Å². The molecule has 0 bridgehead atoms. The van der Waals surface area contributed by atoms with E-state index in [1.165, 1.54) is 7.11 Å². The first-order chi connectivity index (χ1) is 11.9. The third kappa shape index (κ3) is 4.73. The van der Waals surface area contributed by atoms with Gasteiger partial charge in [-0.15, -0.1) is 0 Å². The fourth-order valence-electron chi connectivity index (χ4n) is 2.22. The van der Waals surface area contributed by atoms with Crippen molar-refractivity contribution in [3.8, 4) is 11.5 Å². The van der Waals surface area contributed by atoms with Crippen LogP contribution in [0.25, 0.3) is 0 Å². The van der Waals surface area contributed by atoms with E-state index in [1.54, 1.807) is 44.4 Å². The Morgan fingerprint density at radius 2 is 1.72 bits per heavy atom. The summed E-state index contributed by atoms with van der Waals surface area (Å²) in [6.45, 7) is 3.53. The number of methoxy groups -OCH3 is 2. The van der Waals surface area contributed by atoms with Gasteiger partial charge in [0.25, 0.3) is 5.91 Å². The lowest BCUT2D eigenvalue weighted by molar-refractivity contribution is -0.147. The van der Waals surface area contributed by atoms with Crippen LogP contribution in [0.3, 0.4) is 0 Å². The third-order valence-corrected chi connectivity index (χ3v) is 3.57. The quantitative estimate of drug-likeness (QED) is 0.816. The van der Waals surface area contributed by atoms with E-state index in [1.807, 2.05) is 19.1 Å². The SMILES string of the molecule is COC(=O)[C@H](C)Oc1ccc(C(=O)Nc2cc(C)ccc2OC)cc1. The predicted molar refractivity (Wildman–Crippen MR) is 94.2 cm³/mol. The molecule has 1 atom stereocenters. The summed E-state index contributed by atoms with van der Waals surface area (Å²) < 4.78 is 15.3. The molecule has 0 aliphatic rings. The highest BCUT2D eigenvalue weighted by Gasteiger charge is 2.15. The maximum atomic E-state index is 12.4. The standard InChI is InChI=1S/C19H21NO5/c1-12-5-10-17(23-3)16(11-12)20-18(21)14-6-8-15(9-7-14)25-13(2)19(22)24-4/h5-11,13H,1-4H3,(H,20,21)/t13-/m0/s1. The minimum absolute atomic E-state index is 0.267. The first-order valence-electron chi connectivity index (χ1n) is 7.75. The second-order valence-electron chi connectivity index (χ2n) is 5.47. The molecule has 2 aromatic carbocycles. The van der Waals surface area contributed by atoms with Crippen LogP contribution in [-0.4, -0.2) is 32.2 Å². The second kappa shape index (κ2) is 8.19. The van der Waals surface area contributed by atoms with E-state index >= 15 is 0 Å². The summed E-state index contributed by atoms with van der Waals surface area (Å²) >= 11 is 0. The first-order valence-corrected chi connectivity index (χ1v) is 7.75. The minimum Gasteiger partial charge on any atom is -0.495 e. The molecule has 0 radical (unpaired) electrons. The normalized spacial score (nSPS) is 11.4. The number of hydrogen-bond donors (Lipinski definition) is 1. The summed E-state index contributed by atoms with van der Waals surface area (Å²) in [6, 6.07) is 12.0. The number of nitrogens with one attached hydrogen (secondary N) is 1. The molecule has 2 rings (SSSR count). The maximum absolute atomic E-state index is 12.4. The van der Waals surface area contributed by atoms with Crippen molar-refractivity contribution in [2.24, 2.45) is 0 Å². The fourth-order valence-corrected chi connectivity index (χ4v) is 2.22. The molecule has 132 valence electrons. The third-order valence-electron chi connectivity index (χ3n) is 3.57. The Morgan fingerprint density at radius 1 is 1.04 bits per heavy atom. The molecule has 1 N–H and O–H groups in total. The molecule has 0 aromatic heterocycles. The second-order valence-corrected chi connectivity index (χ2v) is 5.47. The number of hydrogen-bond acceptors (Lipinski definition) is 5. The van der Waals surface area contributed by atoms with Crippen LogP contribution in [0.15, 0.2) is 42.5 Å². The number of anilines is 1. The van der Waals surface area contributed by atoms with Crippen molar-refractivity contribution in [2.75, 3.05) is 19.5 Å². The van der Waals surface area contributed by atoms with Gasteiger partial charge in [0, 0.05) is 5.56 Å². The van der Waals surface area contributed by atoms with Crippen LogP contribution in [0.4, 0.5) is 5.69 Å². The van der Waals surface area contributed by atoms with E-state index < -0.39 is 12.1 Å². The zero-order valence-corrected chi connectivity index (χ0v) is 14.7. The molecule has 1 amide bonds. The maximum Gasteiger partial charge on any atom is 0.346 e. The van der Waals surface area contributed by atoms with Crippen molar-refractivity contribution in [2.45, 2.75) is 20.0 Å². The summed E-state index contributed by atoms with van der Waals surface area (Å²) in [6.07, 6.45) is -0.721. The Labute approximate surface area is 146 Å². The number of esters is 1. The largest absolute Gasteiger partial charge is 0.495 e. The summed E-state index contributed by atoms with van der Waals surface area (Å²) in [5.74, 6) is 0.332. The van der Waals surface area contributed by atoms with Crippen LogP contribution in [0.1, 0.15) is 22.8 Å². The van der Waals surface area contributed by atoms with Crippen LogP contribution in [0.5, 0.6) is 11.5 Å². The molecule has 6 nitrogen and oxygen atoms in total. The molecular weight excluding hydrogens is 322 g/mol. The zero-order chi connectivity index (χ0) is 18.4. The lowest BCUT2D eigenvalue weighted by Crippen LogP contribution is -2.24. The highest BCUT2D eigenvalue weighted by molar-refractivity contribution is 6.05. The van der Waals surface area contributed by atoms with Crippen molar-refractivity contribution in [1.82, 2.24) is 0 Å². The van der Waals surface area contributed by atoms with E-state index in [0.717, 1.165) is 5.56 Å². The number of ether oxygens (including phenoxy) is 3. The Hall–Kier alpha value is -3.02. The smallest absolute Gasteiger partial charge is 0.346 e. The van der Waals surface area contributed by atoms with Gasteiger partial charge in [0.15, 0.2) is 6.10 Å². The van der Waals surface area contributed by atoms with Gasteiger partial charge < -0.3 is 19.5 Å². The Balaban J connectivity index is 2.08. The average molecular weight is 343 g/mol. The molecule has 0 aliphatic carbocycles. The Kier molecular flexibility index (Phi) is 6.00. The fraction of sp³-hybridized carbons (Fsp3) is 0.263. The van der Waals surface area contributed by atoms with Gasteiger partial charge in [-0.2, -0.15) is 0 Å². The first kappa shape index (κ1) is 18.3. The number of amides is 1. The van der Waals surface area contributed by atoms with E-state index in [-0.39, 0.29) is 5.91 Å². The van der Waals surface area contributed by atoms with Crippen molar-refractivity contribution in [1.29, 1.82) is 0 Å². The number of carbonyl (C=O) groups is 2. The monoisotopic (exact) mass is 343 g/mol. The number of benzene rings is 2. The van der Waals surface area contributed by atoms with Gasteiger partial charge in [0.05, 0.1) is 19.9 Å². The van der Waals surface area contributed by atoms with Gasteiger partial charge in [-0.25, -0.2) is 4.79 Å². The van der Waals surface area contributed by atoms with Crippen LogP contribution in [0.2, 0.25) is 0 Å². The molecule has 0 unspecified atom stereocenters. The molecule has 25 heavy (non-hydrogen) atoms. The zero-order valence-electron chi connectivity index (χ0n) is 14.7. The minimum atomic E-state index is -0.721. The highest BCUT2D eigenvalue weighted by Crippen LogP contribution is 2.26. The molecule has 0 aliphatic heterocycles. The predicted octanol–water partition coefficient (Wildman–Crippen LogP) is 3.20. The average Bonchev–Trinajstić information content (AvgIpc) is 2.61. The number of aryl methyl sites for hydroxylation is 1. The molecule has 0 saturated carbocycles. The van der Waals surface area contributed by atoms with Crippen LogP contribution < -0.4 is 14.8 Å². The number of rotatable bonds is 6. The summed E-state index contributed by atoms with van der Waals surface area (Å²) in [5, 5.41) is 2.83. The van der Waals surface area contributed by atoms with Crippen LogP contribution >= 0.6 is 0 Å². The van der Waals surface area contributed by atoms with Crippen molar-refractivity contribution in [3.05, 3.63) is 53.6 Å². The van der Waals surface area contributed by atoms with Crippen molar-refractivity contribution in [3.63, 3.8) is 0 Å². The van der Waals surface area contributed by atoms with E-state index in [9.17, 15) is 9.59 Å². The van der Waals surface area contributed by atoms with E-state index in [4.69, 9.17) is 9.47 Å². The van der Waals surface area contributed by atoms with Crippen molar-refractivity contribution >= 4 is 17.6 Å². The van der Waals surface area contributed by atoms with Gasteiger partial charge >= 0.3 is 5.97 Å². The Bertz CT molecular complexity index is 755. The summed E-state index contributed by atoms with van der Waals surface area (Å²) in [5.41, 5.74) is 2.07. The summed E-state index contributed by atoms with van der Waals surface area (Å²) in [4.78, 5) is 23.8. The molecule has 6 heteroatoms. The lowest BCUT2D eigenvalue weighted by atomic mass is 10.1. The Morgan fingerprint density at radius 3 is 2.32 bits per heavy atom. The molecule has 2 aromatic rings. The number of carbonyl (C=O) groups excluding carboxylic acids is 2. The topological polar surface area (TPSA) is 73.9 Å². The molecule has 0 heterocycles. The summed E-state index contributed by atoms with van der Waals surface area (Å²) in [7, 11) is 2.85. The molecule has 0 saturated heterocycles.